The summed E-state index contributed by atoms with van der Waals surface area (Å²) in [6.07, 6.45) is 1.85. The molecule has 0 saturated heterocycles. The maximum Gasteiger partial charge on any atom is 2.00 e. The number of imidazole rings is 1. The molecule has 0 aliphatic carbocycles. The third-order valence-corrected chi connectivity index (χ3v) is 10.4. The van der Waals surface area contributed by atoms with Crippen molar-refractivity contribution >= 4 is 54.6 Å². The number of rotatable bonds is 4. The van der Waals surface area contributed by atoms with Crippen LogP contribution in [0.4, 0.5) is 0 Å². The van der Waals surface area contributed by atoms with Gasteiger partial charge in [0.05, 0.1) is 11.0 Å². The molecule has 0 unspecified atom stereocenters. The molecule has 0 radical (unpaired) electrons. The van der Waals surface area contributed by atoms with Crippen LogP contribution in [0.5, 0.6) is 0 Å². The van der Waals surface area contributed by atoms with Gasteiger partial charge in [-0.25, -0.2) is 9.97 Å². The minimum absolute atomic E-state index is 0. The van der Waals surface area contributed by atoms with Crippen LogP contribution in [0, 0.1) is 13.0 Å². The van der Waals surface area contributed by atoms with Crippen molar-refractivity contribution in [1.29, 1.82) is 0 Å². The number of nitrogens with zero attached hydrogens (tertiary/aromatic N) is 5. The number of aryl methyl sites for hydroxylation is 1. The van der Waals surface area contributed by atoms with Gasteiger partial charge < -0.3 is 9.55 Å². The van der Waals surface area contributed by atoms with E-state index in [2.05, 4.69) is 158 Å². The number of para-hydroxylation sites is 3. The second kappa shape index (κ2) is 12.4. The Morgan fingerprint density at radius 3 is 2.26 bits per heavy atom. The fourth-order valence-electron chi connectivity index (χ4n) is 7.84. The second-order valence-electron chi connectivity index (χ2n) is 14.7. The molecule has 4 heterocycles. The van der Waals surface area contributed by atoms with E-state index >= 15 is 0 Å². The van der Waals surface area contributed by atoms with Crippen molar-refractivity contribution in [3.63, 3.8) is 0 Å². The molecule has 0 bridgehead atoms. The first kappa shape index (κ1) is 33.1. The molecule has 258 valence electrons. The molecule has 6 heteroatoms. The van der Waals surface area contributed by atoms with E-state index in [9.17, 15) is 0 Å². The number of aromatic nitrogens is 5. The number of fused-ring (bicyclic) bond motifs is 7. The quantitative estimate of drug-likeness (QED) is 0.166. The van der Waals surface area contributed by atoms with Gasteiger partial charge in [0.15, 0.2) is 0 Å². The molecule has 53 heavy (non-hydrogen) atoms. The van der Waals surface area contributed by atoms with Crippen LogP contribution in [0.25, 0.3) is 88.7 Å². The summed E-state index contributed by atoms with van der Waals surface area (Å²) in [5.74, 6) is 1.73. The summed E-state index contributed by atoms with van der Waals surface area (Å²) in [6, 6.07) is 51.0. The van der Waals surface area contributed by atoms with E-state index in [4.69, 9.17) is 15.0 Å². The normalized spacial score (nSPS) is 12.0. The van der Waals surface area contributed by atoms with Crippen molar-refractivity contribution in [3.8, 4) is 34.0 Å². The largest absolute Gasteiger partial charge is 2.00 e. The molecule has 0 atom stereocenters. The van der Waals surface area contributed by atoms with Gasteiger partial charge in [0.2, 0.25) is 0 Å². The molecule has 0 N–H and O–H groups in total. The molecule has 0 fully saturated rings. The van der Waals surface area contributed by atoms with Crippen LogP contribution in [0.1, 0.15) is 31.9 Å². The minimum atomic E-state index is 0. The smallest absolute Gasteiger partial charge is 0.656 e. The summed E-state index contributed by atoms with van der Waals surface area (Å²) in [5, 5.41) is 4.63. The van der Waals surface area contributed by atoms with Gasteiger partial charge in [0.1, 0.15) is 11.6 Å². The van der Waals surface area contributed by atoms with Crippen molar-refractivity contribution in [3.05, 3.63) is 157 Å². The molecule has 0 aliphatic rings. The first-order chi connectivity index (χ1) is 25.3. The molecule has 10 aromatic rings. The Labute approximate surface area is 322 Å². The topological polar surface area (TPSA) is 49.7 Å². The number of pyridine rings is 1. The van der Waals surface area contributed by atoms with Crippen molar-refractivity contribution in [1.82, 2.24) is 24.1 Å². The van der Waals surface area contributed by atoms with Crippen LogP contribution in [0.2, 0.25) is 0 Å². The Morgan fingerprint density at radius 1 is 0.660 bits per heavy atom. The summed E-state index contributed by atoms with van der Waals surface area (Å²) in [6.45, 7) is 8.96. The Hall–Kier alpha value is -5.77. The van der Waals surface area contributed by atoms with Gasteiger partial charge in [-0.15, -0.1) is 34.8 Å². The van der Waals surface area contributed by atoms with E-state index in [1.165, 1.54) is 10.9 Å². The zero-order valence-corrected chi connectivity index (χ0v) is 32.1. The van der Waals surface area contributed by atoms with Crippen molar-refractivity contribution in [2.24, 2.45) is 0 Å². The van der Waals surface area contributed by atoms with Gasteiger partial charge in [-0.1, -0.05) is 123 Å². The predicted octanol–water partition coefficient (Wildman–Crippen LogP) is 11.5. The molecule has 10 rings (SSSR count). The molecule has 5 nitrogen and oxygen atoms in total. The zero-order valence-electron chi connectivity index (χ0n) is 29.8. The van der Waals surface area contributed by atoms with E-state index in [0.717, 1.165) is 88.8 Å². The van der Waals surface area contributed by atoms with Gasteiger partial charge in [0.25, 0.3) is 0 Å². The first-order valence-electron chi connectivity index (χ1n) is 17.8. The molecule has 0 aliphatic heterocycles. The number of hydrogen-bond donors (Lipinski definition) is 0. The average molecular weight is 865 g/mol. The fraction of sp³-hybridized carbons (Fsp3) is 0.106. The van der Waals surface area contributed by atoms with Crippen LogP contribution >= 0.6 is 0 Å². The molecule has 4 aromatic heterocycles. The molecular formula is C47H35N5Pt. The average Bonchev–Trinajstić information content (AvgIpc) is 3.85. The Kier molecular flexibility index (Phi) is 7.76. The zero-order chi connectivity index (χ0) is 35.1. The monoisotopic (exact) mass is 864 g/mol. The van der Waals surface area contributed by atoms with Crippen molar-refractivity contribution in [2.45, 2.75) is 33.1 Å². The van der Waals surface area contributed by atoms with Gasteiger partial charge in [0, 0.05) is 23.0 Å². The van der Waals surface area contributed by atoms with Gasteiger partial charge in [-0.05, 0) is 75.5 Å². The maximum absolute atomic E-state index is 5.54. The molecule has 6 aromatic carbocycles. The van der Waals surface area contributed by atoms with Gasteiger partial charge in [-0.3, -0.25) is 4.57 Å². The third-order valence-electron chi connectivity index (χ3n) is 10.4. The number of hydrogen-bond acceptors (Lipinski definition) is 2. The standard InChI is InChI=1S/C47H35N5.Pt/c1-29-20-23-33(30-21-24-35-38-28-31(47(2,3)4)22-25-40(38)52(41(35)27-30)42-19-10-11-26-48-42)44-45(29)51(32-13-6-5-7-14-32)46(50-44)37-17-12-16-36-34-15-8-9-18-39(34)49-43(36)37;/h5-26,28H,1-4H3;/q-2;+2. The SMILES string of the molecule is Cc1ccc(-c2[c-]c3c(cc2)c2cc(C(C)(C)C)ccc2n3-c2ccccn2)c2nc(-c3cccc4c3[n-]c3ccccc34)n(-c3ccccc3)c12.[Pt+2]. The molecule has 0 spiro atoms. The van der Waals surface area contributed by atoms with Crippen LogP contribution in [-0.4, -0.2) is 19.1 Å². The predicted molar refractivity (Wildman–Crippen MR) is 215 cm³/mol. The Balaban J connectivity index is 0.00000372. The van der Waals surface area contributed by atoms with Crippen molar-refractivity contribution in [2.75, 3.05) is 0 Å². The van der Waals surface area contributed by atoms with E-state index in [1.807, 2.05) is 24.4 Å². The summed E-state index contributed by atoms with van der Waals surface area (Å²) >= 11 is 0. The van der Waals surface area contributed by atoms with Gasteiger partial charge in [-0.2, -0.15) is 0 Å². The summed E-state index contributed by atoms with van der Waals surface area (Å²) < 4.78 is 4.55. The Morgan fingerprint density at radius 2 is 1.45 bits per heavy atom. The fourth-order valence-corrected chi connectivity index (χ4v) is 7.84. The van der Waals surface area contributed by atoms with Crippen LogP contribution < -0.4 is 4.98 Å². The summed E-state index contributed by atoms with van der Waals surface area (Å²) in [4.78, 5) is 15.5. The molecular weight excluding hydrogens is 830 g/mol. The van der Waals surface area contributed by atoms with E-state index < -0.39 is 0 Å². The minimum Gasteiger partial charge on any atom is -0.656 e. The third kappa shape index (κ3) is 5.17. The molecule has 0 amide bonds. The van der Waals surface area contributed by atoms with Crippen LogP contribution in [-0.2, 0) is 26.5 Å². The maximum atomic E-state index is 5.54. The van der Waals surface area contributed by atoms with E-state index in [-0.39, 0.29) is 26.5 Å². The van der Waals surface area contributed by atoms with Gasteiger partial charge >= 0.3 is 21.1 Å². The second-order valence-corrected chi connectivity index (χ2v) is 14.7. The summed E-state index contributed by atoms with van der Waals surface area (Å²) in [7, 11) is 0. The van der Waals surface area contributed by atoms with E-state index in [1.54, 1.807) is 0 Å². The van der Waals surface area contributed by atoms with Crippen LogP contribution in [0.3, 0.4) is 0 Å². The van der Waals surface area contributed by atoms with Crippen LogP contribution in [0.15, 0.2) is 140 Å². The number of benzene rings is 6. The first-order valence-corrected chi connectivity index (χ1v) is 17.8. The van der Waals surface area contributed by atoms with E-state index in [0.29, 0.717) is 0 Å². The molecule has 0 saturated carbocycles. The summed E-state index contributed by atoms with van der Waals surface area (Å²) in [5.41, 5.74) is 12.6. The Bertz CT molecular complexity index is 3000. The van der Waals surface area contributed by atoms with Crippen molar-refractivity contribution < 1.29 is 21.1 Å².